The SMILES string of the molecule is COc1ccc2nc([C@@H]3CCCO3)sc2c1. The topological polar surface area (TPSA) is 31.4 Å². The van der Waals surface area contributed by atoms with Gasteiger partial charge in [-0.3, -0.25) is 0 Å². The van der Waals surface area contributed by atoms with Gasteiger partial charge >= 0.3 is 0 Å². The Morgan fingerprint density at radius 2 is 2.44 bits per heavy atom. The third kappa shape index (κ3) is 1.68. The molecule has 1 fully saturated rings. The van der Waals surface area contributed by atoms with Crippen molar-refractivity contribution in [3.8, 4) is 5.75 Å². The van der Waals surface area contributed by atoms with Gasteiger partial charge < -0.3 is 9.47 Å². The molecule has 1 aliphatic rings. The van der Waals surface area contributed by atoms with Crippen LogP contribution in [-0.4, -0.2) is 18.7 Å². The van der Waals surface area contributed by atoms with Crippen molar-refractivity contribution < 1.29 is 9.47 Å². The average molecular weight is 235 g/mol. The molecule has 1 saturated heterocycles. The standard InChI is InChI=1S/C12H13NO2S/c1-14-8-4-5-9-11(7-8)16-12(13-9)10-3-2-6-15-10/h4-5,7,10H,2-3,6H2,1H3/t10-/m0/s1. The Kier molecular flexibility index (Phi) is 2.53. The van der Waals surface area contributed by atoms with Gasteiger partial charge in [0.2, 0.25) is 0 Å². The molecule has 0 radical (unpaired) electrons. The minimum atomic E-state index is 0.211. The van der Waals surface area contributed by atoms with E-state index in [0.717, 1.165) is 35.7 Å². The van der Waals surface area contributed by atoms with Crippen LogP contribution in [0.15, 0.2) is 18.2 Å². The van der Waals surface area contributed by atoms with Crippen molar-refractivity contribution in [2.45, 2.75) is 18.9 Å². The molecule has 1 aromatic carbocycles. The van der Waals surface area contributed by atoms with Crippen LogP contribution in [0.2, 0.25) is 0 Å². The fourth-order valence-electron chi connectivity index (χ4n) is 1.96. The van der Waals surface area contributed by atoms with E-state index in [1.807, 2.05) is 18.2 Å². The number of nitrogens with zero attached hydrogens (tertiary/aromatic N) is 1. The minimum absolute atomic E-state index is 0.211. The van der Waals surface area contributed by atoms with Gasteiger partial charge in [0.15, 0.2) is 0 Å². The van der Waals surface area contributed by atoms with Crippen LogP contribution in [0.4, 0.5) is 0 Å². The van der Waals surface area contributed by atoms with E-state index in [0.29, 0.717) is 0 Å². The van der Waals surface area contributed by atoms with E-state index < -0.39 is 0 Å². The zero-order chi connectivity index (χ0) is 11.0. The normalized spacial score (nSPS) is 20.4. The van der Waals surface area contributed by atoms with E-state index in [1.54, 1.807) is 18.4 Å². The first-order valence-corrected chi connectivity index (χ1v) is 6.24. The maximum Gasteiger partial charge on any atom is 0.123 e. The number of ether oxygens (including phenoxy) is 2. The molecule has 4 heteroatoms. The second-order valence-corrected chi connectivity index (χ2v) is 4.95. The van der Waals surface area contributed by atoms with Crippen LogP contribution in [0, 0.1) is 0 Å². The Balaban J connectivity index is 2.01. The number of benzene rings is 1. The van der Waals surface area contributed by atoms with Gasteiger partial charge in [0.25, 0.3) is 0 Å². The molecule has 0 bridgehead atoms. The summed E-state index contributed by atoms with van der Waals surface area (Å²) in [7, 11) is 1.68. The molecule has 0 N–H and O–H groups in total. The number of fused-ring (bicyclic) bond motifs is 1. The lowest BCUT2D eigenvalue weighted by Crippen LogP contribution is -1.93. The summed E-state index contributed by atoms with van der Waals surface area (Å²) in [6.45, 7) is 0.865. The summed E-state index contributed by atoms with van der Waals surface area (Å²) in [5, 5.41) is 1.10. The van der Waals surface area contributed by atoms with Crippen LogP contribution in [0.3, 0.4) is 0 Å². The van der Waals surface area contributed by atoms with Crippen molar-refractivity contribution in [1.82, 2.24) is 4.98 Å². The van der Waals surface area contributed by atoms with Crippen molar-refractivity contribution in [3.63, 3.8) is 0 Å². The summed E-state index contributed by atoms with van der Waals surface area (Å²) in [4.78, 5) is 4.61. The molecule has 0 saturated carbocycles. The average Bonchev–Trinajstić information content (AvgIpc) is 2.96. The number of hydrogen-bond acceptors (Lipinski definition) is 4. The zero-order valence-electron chi connectivity index (χ0n) is 9.10. The predicted molar refractivity (Wildman–Crippen MR) is 64.1 cm³/mol. The molecule has 1 aromatic heterocycles. The van der Waals surface area contributed by atoms with Crippen LogP contribution in [0.1, 0.15) is 24.0 Å². The van der Waals surface area contributed by atoms with Gasteiger partial charge in [-0.15, -0.1) is 11.3 Å². The van der Waals surface area contributed by atoms with Crippen molar-refractivity contribution in [2.24, 2.45) is 0 Å². The van der Waals surface area contributed by atoms with Gasteiger partial charge in [0, 0.05) is 6.61 Å². The van der Waals surface area contributed by atoms with Crippen molar-refractivity contribution in [3.05, 3.63) is 23.2 Å². The highest BCUT2D eigenvalue weighted by molar-refractivity contribution is 7.18. The Morgan fingerprint density at radius 1 is 1.50 bits per heavy atom. The predicted octanol–water partition coefficient (Wildman–Crippen LogP) is 3.16. The van der Waals surface area contributed by atoms with Crippen molar-refractivity contribution >= 4 is 21.6 Å². The number of rotatable bonds is 2. The van der Waals surface area contributed by atoms with E-state index in [-0.39, 0.29) is 6.10 Å². The van der Waals surface area contributed by atoms with Gasteiger partial charge in [-0.2, -0.15) is 0 Å². The second kappa shape index (κ2) is 4.03. The number of methoxy groups -OCH3 is 1. The molecule has 0 spiro atoms. The Morgan fingerprint density at radius 3 is 3.19 bits per heavy atom. The van der Waals surface area contributed by atoms with E-state index in [2.05, 4.69) is 4.98 Å². The quantitative estimate of drug-likeness (QED) is 0.801. The van der Waals surface area contributed by atoms with Gasteiger partial charge in [-0.1, -0.05) is 0 Å². The lowest BCUT2D eigenvalue weighted by Gasteiger charge is -2.02. The third-order valence-corrected chi connectivity index (χ3v) is 3.93. The van der Waals surface area contributed by atoms with E-state index in [9.17, 15) is 0 Å². The van der Waals surface area contributed by atoms with E-state index in [1.165, 1.54) is 4.70 Å². The maximum atomic E-state index is 5.64. The molecular formula is C12H13NO2S. The summed E-state index contributed by atoms with van der Waals surface area (Å²) in [5.74, 6) is 0.884. The maximum absolute atomic E-state index is 5.64. The smallest absolute Gasteiger partial charge is 0.123 e. The summed E-state index contributed by atoms with van der Waals surface area (Å²) >= 11 is 1.71. The molecule has 2 heterocycles. The molecule has 1 aliphatic heterocycles. The number of thiazole rings is 1. The number of hydrogen-bond donors (Lipinski definition) is 0. The number of aromatic nitrogens is 1. The first kappa shape index (κ1) is 10.1. The van der Waals surface area contributed by atoms with Gasteiger partial charge in [-0.25, -0.2) is 4.98 Å². The largest absolute Gasteiger partial charge is 0.497 e. The Bertz CT molecular complexity index is 503. The van der Waals surface area contributed by atoms with Crippen molar-refractivity contribution in [2.75, 3.05) is 13.7 Å². The molecule has 0 aliphatic carbocycles. The van der Waals surface area contributed by atoms with E-state index >= 15 is 0 Å². The van der Waals surface area contributed by atoms with Gasteiger partial charge in [-0.05, 0) is 31.0 Å². The lowest BCUT2D eigenvalue weighted by atomic mass is 10.2. The van der Waals surface area contributed by atoms with Crippen LogP contribution >= 0.6 is 11.3 Å². The molecule has 84 valence electrons. The van der Waals surface area contributed by atoms with Crippen LogP contribution in [0.5, 0.6) is 5.75 Å². The summed E-state index contributed by atoms with van der Waals surface area (Å²) in [5.41, 5.74) is 1.04. The first-order valence-electron chi connectivity index (χ1n) is 5.43. The summed E-state index contributed by atoms with van der Waals surface area (Å²) in [6.07, 6.45) is 2.45. The van der Waals surface area contributed by atoms with Crippen molar-refractivity contribution in [1.29, 1.82) is 0 Å². The fourth-order valence-corrected chi connectivity index (χ4v) is 3.04. The highest BCUT2D eigenvalue weighted by Crippen LogP contribution is 2.35. The molecular weight excluding hydrogens is 222 g/mol. The van der Waals surface area contributed by atoms with Crippen LogP contribution in [-0.2, 0) is 4.74 Å². The molecule has 3 nitrogen and oxygen atoms in total. The first-order chi connectivity index (χ1) is 7.86. The zero-order valence-corrected chi connectivity index (χ0v) is 9.92. The fraction of sp³-hybridized carbons (Fsp3) is 0.417. The summed E-state index contributed by atoms with van der Waals surface area (Å²) < 4.78 is 12.0. The molecule has 0 unspecified atom stereocenters. The third-order valence-electron chi connectivity index (χ3n) is 2.82. The van der Waals surface area contributed by atoms with Gasteiger partial charge in [0.05, 0.1) is 17.3 Å². The molecule has 0 amide bonds. The van der Waals surface area contributed by atoms with Crippen LogP contribution < -0.4 is 4.74 Å². The Labute approximate surface area is 98.0 Å². The molecule has 1 atom stereocenters. The van der Waals surface area contributed by atoms with Crippen LogP contribution in [0.25, 0.3) is 10.2 Å². The monoisotopic (exact) mass is 235 g/mol. The van der Waals surface area contributed by atoms with Gasteiger partial charge in [0.1, 0.15) is 16.9 Å². The summed E-state index contributed by atoms with van der Waals surface area (Å²) in [6, 6.07) is 5.98. The highest BCUT2D eigenvalue weighted by atomic mass is 32.1. The minimum Gasteiger partial charge on any atom is -0.497 e. The molecule has 2 aromatic rings. The Hall–Kier alpha value is -1.13. The van der Waals surface area contributed by atoms with E-state index in [4.69, 9.17) is 9.47 Å². The second-order valence-electron chi connectivity index (χ2n) is 3.89. The molecule has 16 heavy (non-hydrogen) atoms. The lowest BCUT2D eigenvalue weighted by molar-refractivity contribution is 0.112. The molecule has 3 rings (SSSR count). The highest BCUT2D eigenvalue weighted by Gasteiger charge is 2.21.